The molecular weight excluding hydrogens is 354 g/mol. The number of para-hydroxylation sites is 1. The molecule has 1 unspecified atom stereocenters. The summed E-state index contributed by atoms with van der Waals surface area (Å²) in [5.41, 5.74) is 4.67. The minimum atomic E-state index is -1.67. The van der Waals surface area contributed by atoms with Gasteiger partial charge in [-0.15, -0.1) is 0 Å². The molecule has 0 saturated carbocycles. The van der Waals surface area contributed by atoms with Gasteiger partial charge in [0.25, 0.3) is 5.56 Å². The van der Waals surface area contributed by atoms with Crippen LogP contribution in [0.4, 0.5) is 5.69 Å². The highest BCUT2D eigenvalue weighted by Crippen LogP contribution is 2.53. The summed E-state index contributed by atoms with van der Waals surface area (Å²) in [6.07, 6.45) is 0. The second-order valence-corrected chi connectivity index (χ2v) is 6.29. The predicted octanol–water partition coefficient (Wildman–Crippen LogP) is 1.17. The van der Waals surface area contributed by atoms with Crippen molar-refractivity contribution in [2.45, 2.75) is 12.3 Å². The summed E-state index contributed by atoms with van der Waals surface area (Å²) in [5.74, 6) is -0.699. The van der Waals surface area contributed by atoms with Gasteiger partial charge in [-0.1, -0.05) is 18.2 Å². The van der Waals surface area contributed by atoms with E-state index in [1.807, 2.05) is 13.0 Å². The van der Waals surface area contributed by atoms with Crippen LogP contribution in [0.25, 0.3) is 0 Å². The van der Waals surface area contributed by atoms with Crippen molar-refractivity contribution >= 4 is 23.8 Å². The largest absolute Gasteiger partial charge is 0.424 e. The maximum atomic E-state index is 13.5. The average Bonchev–Trinajstić information content (AvgIpc) is 2.84. The van der Waals surface area contributed by atoms with Gasteiger partial charge in [-0.2, -0.15) is 5.26 Å². The molecule has 0 aliphatic carbocycles. The molecule has 0 bridgehead atoms. The molecule has 4 rings (SSSR count). The number of benzene rings is 1. The molecule has 4 N–H and O–H groups in total. The third-order valence-corrected chi connectivity index (χ3v) is 4.91. The Labute approximate surface area is 152 Å². The van der Waals surface area contributed by atoms with Crippen molar-refractivity contribution in [3.8, 4) is 11.9 Å². The maximum absolute atomic E-state index is 13.5. The van der Waals surface area contributed by atoms with E-state index in [-0.39, 0.29) is 27.7 Å². The first-order valence-electron chi connectivity index (χ1n) is 7.83. The van der Waals surface area contributed by atoms with Gasteiger partial charge in [-0.3, -0.25) is 14.6 Å². The monoisotopic (exact) mass is 367 g/mol. The summed E-state index contributed by atoms with van der Waals surface area (Å²) in [5, 5.41) is 9.78. The van der Waals surface area contributed by atoms with Crippen LogP contribution in [0.15, 0.2) is 40.5 Å². The van der Waals surface area contributed by atoms with Gasteiger partial charge in [0.2, 0.25) is 17.7 Å². The number of H-pyrrole nitrogens is 2. The number of anilines is 1. The van der Waals surface area contributed by atoms with E-state index in [9.17, 15) is 14.9 Å². The quantitative estimate of drug-likeness (QED) is 0.649. The topological polar surface area (TPSA) is 128 Å². The smallest absolute Gasteiger partial charge is 0.260 e. The molecule has 8 nitrogen and oxygen atoms in total. The molecule has 9 heteroatoms. The third-order valence-electron chi connectivity index (χ3n) is 4.71. The van der Waals surface area contributed by atoms with Crippen molar-refractivity contribution in [3.63, 3.8) is 0 Å². The Morgan fingerprint density at radius 3 is 2.77 bits per heavy atom. The average molecular weight is 367 g/mol. The number of hydrogen-bond donors (Lipinski definition) is 3. The van der Waals surface area contributed by atoms with Crippen LogP contribution in [0.3, 0.4) is 0 Å². The van der Waals surface area contributed by atoms with Crippen molar-refractivity contribution in [2.75, 3.05) is 11.4 Å². The van der Waals surface area contributed by atoms with Crippen LogP contribution in [0, 0.1) is 16.1 Å². The number of nitrogens with zero attached hydrogens (tertiary/aromatic N) is 2. The highest BCUT2D eigenvalue weighted by Gasteiger charge is 2.60. The zero-order valence-corrected chi connectivity index (χ0v) is 14.4. The van der Waals surface area contributed by atoms with Crippen LogP contribution >= 0.6 is 12.2 Å². The van der Waals surface area contributed by atoms with Gasteiger partial charge in [0.15, 0.2) is 10.2 Å². The molecule has 2 aliphatic rings. The summed E-state index contributed by atoms with van der Waals surface area (Å²) in [4.78, 5) is 33.0. The zero-order chi connectivity index (χ0) is 18.6. The van der Waals surface area contributed by atoms with Gasteiger partial charge in [0.05, 0.1) is 0 Å². The fraction of sp³-hybridized carbons (Fsp3) is 0.176. The number of hydrogen-bond acceptors (Lipinski definition) is 6. The normalized spacial score (nSPS) is 20.6. The molecule has 3 heterocycles. The Hall–Kier alpha value is -3.38. The number of aromatic amines is 2. The number of ether oxygens (including phenoxy) is 1. The van der Waals surface area contributed by atoms with Gasteiger partial charge in [0, 0.05) is 17.8 Å². The molecule has 0 fully saturated rings. The summed E-state index contributed by atoms with van der Waals surface area (Å²) in [6.45, 7) is 2.18. The molecule has 1 spiro atoms. The van der Waals surface area contributed by atoms with Crippen molar-refractivity contribution < 1.29 is 9.53 Å². The number of nitrogens with two attached hydrogens (primary N) is 1. The SMILES string of the molecule is CCN1C(=O)C2(C(C#N)=C(N)Oc3[nH]c(=S)[nH]c(=O)c32)c2ccccc21. The van der Waals surface area contributed by atoms with Crippen molar-refractivity contribution in [2.24, 2.45) is 5.73 Å². The molecule has 0 saturated heterocycles. The van der Waals surface area contributed by atoms with Crippen LogP contribution in [0.1, 0.15) is 18.1 Å². The van der Waals surface area contributed by atoms with Crippen molar-refractivity contribution in [3.05, 3.63) is 62.0 Å². The van der Waals surface area contributed by atoms with Gasteiger partial charge < -0.3 is 20.4 Å². The lowest BCUT2D eigenvalue weighted by molar-refractivity contribution is -0.121. The predicted molar refractivity (Wildman–Crippen MR) is 95.0 cm³/mol. The summed E-state index contributed by atoms with van der Waals surface area (Å²) in [7, 11) is 0. The molecule has 2 aliphatic heterocycles. The van der Waals surface area contributed by atoms with Crippen LogP contribution in [0.2, 0.25) is 0 Å². The van der Waals surface area contributed by atoms with Gasteiger partial charge in [0.1, 0.15) is 17.2 Å². The lowest BCUT2D eigenvalue weighted by Crippen LogP contribution is -2.49. The van der Waals surface area contributed by atoms with Gasteiger partial charge in [-0.05, 0) is 25.2 Å². The number of amides is 1. The van der Waals surface area contributed by atoms with Gasteiger partial charge in [-0.25, -0.2) is 0 Å². The summed E-state index contributed by atoms with van der Waals surface area (Å²) in [6, 6.07) is 8.99. The van der Waals surface area contributed by atoms with E-state index in [0.717, 1.165) is 0 Å². The molecule has 26 heavy (non-hydrogen) atoms. The third kappa shape index (κ3) is 1.74. The Morgan fingerprint density at radius 2 is 2.08 bits per heavy atom. The van der Waals surface area contributed by atoms with E-state index in [1.165, 1.54) is 4.90 Å². The van der Waals surface area contributed by atoms with Crippen molar-refractivity contribution in [1.82, 2.24) is 9.97 Å². The number of rotatable bonds is 1. The number of likely N-dealkylation sites (N-methyl/N-ethyl adjacent to an activating group) is 1. The van der Waals surface area contributed by atoms with E-state index in [2.05, 4.69) is 9.97 Å². The molecule has 1 amide bonds. The minimum absolute atomic E-state index is 0.0229. The number of fused-ring (bicyclic) bond motifs is 4. The molecular formula is C17H13N5O3S. The second kappa shape index (κ2) is 5.31. The maximum Gasteiger partial charge on any atom is 0.260 e. The fourth-order valence-electron chi connectivity index (χ4n) is 3.74. The molecule has 130 valence electrons. The fourth-order valence-corrected chi connectivity index (χ4v) is 3.93. The molecule has 0 radical (unpaired) electrons. The highest BCUT2D eigenvalue weighted by atomic mass is 32.1. The van der Waals surface area contributed by atoms with E-state index in [4.69, 9.17) is 22.7 Å². The molecule has 1 atom stereocenters. The lowest BCUT2D eigenvalue weighted by Gasteiger charge is -2.32. The van der Waals surface area contributed by atoms with Crippen LogP contribution < -0.4 is 20.9 Å². The first-order chi connectivity index (χ1) is 12.5. The Bertz CT molecular complexity index is 1160. The number of nitriles is 1. The lowest BCUT2D eigenvalue weighted by atomic mass is 9.69. The van der Waals surface area contributed by atoms with Crippen molar-refractivity contribution in [1.29, 1.82) is 5.26 Å². The zero-order valence-electron chi connectivity index (χ0n) is 13.6. The molecule has 2 aromatic rings. The first kappa shape index (κ1) is 16.1. The number of carbonyl (C=O) groups is 1. The van der Waals surface area contributed by atoms with E-state index in [0.29, 0.717) is 17.8 Å². The van der Waals surface area contributed by atoms with E-state index in [1.54, 1.807) is 24.3 Å². The summed E-state index contributed by atoms with van der Waals surface area (Å²) >= 11 is 4.99. The van der Waals surface area contributed by atoms with E-state index < -0.39 is 16.9 Å². The Kier molecular flexibility index (Phi) is 3.29. The Balaban J connectivity index is 2.24. The van der Waals surface area contributed by atoms with Crippen LogP contribution in [-0.4, -0.2) is 22.4 Å². The second-order valence-electron chi connectivity index (χ2n) is 5.88. The first-order valence-corrected chi connectivity index (χ1v) is 8.24. The number of aromatic nitrogens is 2. The number of carbonyl (C=O) groups excluding carboxylic acids is 1. The summed E-state index contributed by atoms with van der Waals surface area (Å²) < 4.78 is 5.47. The molecule has 1 aromatic heterocycles. The molecule has 1 aromatic carbocycles. The Morgan fingerprint density at radius 1 is 1.35 bits per heavy atom. The number of nitrogens with one attached hydrogen (secondary N) is 2. The van der Waals surface area contributed by atoms with Crippen LogP contribution in [0.5, 0.6) is 5.88 Å². The standard InChI is InChI=1S/C17H13N5O3S/c1-2-22-10-6-4-3-5-8(10)17(15(22)24)9(7-18)12(19)25-14-11(17)13(23)20-16(26)21-14/h3-6H,2,19H2,1H3,(H2,20,21,23,26). The van der Waals surface area contributed by atoms with Gasteiger partial charge >= 0.3 is 0 Å². The van der Waals surface area contributed by atoms with Crippen LogP contribution in [-0.2, 0) is 10.2 Å². The minimum Gasteiger partial charge on any atom is -0.424 e. The highest BCUT2D eigenvalue weighted by molar-refractivity contribution is 7.71. The van der Waals surface area contributed by atoms with E-state index >= 15 is 0 Å².